The molecule has 0 atom stereocenters. The van der Waals surface area contributed by atoms with Gasteiger partial charge in [-0.1, -0.05) is 59.3 Å². The minimum Gasteiger partial charge on any atom is -0.293 e. The van der Waals surface area contributed by atoms with Crippen LogP contribution in [0, 0.1) is 20.8 Å². The van der Waals surface area contributed by atoms with Crippen LogP contribution in [-0.2, 0) is 0 Å². The van der Waals surface area contributed by atoms with Crippen LogP contribution in [0.4, 0.5) is 0 Å². The number of benzene rings is 2. The molecule has 2 aromatic carbocycles. The monoisotopic (exact) mass is 353 g/mol. The molecule has 0 N–H and O–H groups in total. The number of thioether (sulfide) groups is 1. The number of Topliss-reactive ketones (excluding diaryl/α,β-unsaturated/α-hetero) is 1. The number of carbonyl (C=O) groups is 1. The van der Waals surface area contributed by atoms with E-state index < -0.39 is 0 Å². The van der Waals surface area contributed by atoms with Crippen LogP contribution in [0.15, 0.2) is 52.2 Å². The van der Waals surface area contributed by atoms with Gasteiger partial charge in [0.2, 0.25) is 0 Å². The number of hydrogen-bond acceptors (Lipinski definition) is 4. The van der Waals surface area contributed by atoms with E-state index in [1.54, 1.807) is 11.3 Å². The minimum atomic E-state index is 0.160. The van der Waals surface area contributed by atoms with Crippen LogP contribution in [-0.4, -0.2) is 16.5 Å². The zero-order chi connectivity index (χ0) is 17.1. The summed E-state index contributed by atoms with van der Waals surface area (Å²) in [7, 11) is 0. The van der Waals surface area contributed by atoms with Crippen molar-refractivity contribution in [1.82, 2.24) is 4.98 Å². The molecule has 122 valence electrons. The molecule has 1 heterocycles. The van der Waals surface area contributed by atoms with Gasteiger partial charge in [0, 0.05) is 16.5 Å². The Balaban J connectivity index is 1.68. The molecule has 24 heavy (non-hydrogen) atoms. The number of ketones is 1. The fourth-order valence-corrected chi connectivity index (χ4v) is 4.14. The van der Waals surface area contributed by atoms with Gasteiger partial charge in [-0.05, 0) is 32.4 Å². The third-order valence-corrected chi connectivity index (χ3v) is 5.87. The molecule has 3 aromatic rings. The molecule has 3 rings (SSSR count). The number of thiazole rings is 1. The molecule has 0 aliphatic carbocycles. The molecular formula is C20H19NOS2. The lowest BCUT2D eigenvalue weighted by molar-refractivity contribution is 0.102. The first-order valence-electron chi connectivity index (χ1n) is 7.79. The summed E-state index contributed by atoms with van der Waals surface area (Å²) in [4.78, 5) is 17.1. The fourth-order valence-electron chi connectivity index (χ4n) is 2.42. The van der Waals surface area contributed by atoms with Gasteiger partial charge in [0.25, 0.3) is 0 Å². The smallest absolute Gasteiger partial charge is 0.173 e. The van der Waals surface area contributed by atoms with Crippen LogP contribution in [0.2, 0.25) is 0 Å². The Hall–Kier alpha value is -1.91. The summed E-state index contributed by atoms with van der Waals surface area (Å²) >= 11 is 3.11. The van der Waals surface area contributed by atoms with E-state index in [-0.39, 0.29) is 5.78 Å². The first-order valence-corrected chi connectivity index (χ1v) is 9.65. The number of aryl methyl sites for hydroxylation is 3. The molecule has 0 aliphatic heterocycles. The molecule has 0 unspecified atom stereocenters. The average Bonchev–Trinajstić information content (AvgIpc) is 3.04. The molecule has 0 saturated carbocycles. The van der Waals surface area contributed by atoms with Crippen molar-refractivity contribution in [3.63, 3.8) is 0 Å². The highest BCUT2D eigenvalue weighted by Gasteiger charge is 2.12. The predicted molar refractivity (Wildman–Crippen MR) is 103 cm³/mol. The Morgan fingerprint density at radius 1 is 1.04 bits per heavy atom. The quantitative estimate of drug-likeness (QED) is 0.435. The minimum absolute atomic E-state index is 0.160. The summed E-state index contributed by atoms with van der Waals surface area (Å²) in [6, 6.07) is 14.4. The highest BCUT2D eigenvalue weighted by Crippen LogP contribution is 2.29. The van der Waals surface area contributed by atoms with Gasteiger partial charge >= 0.3 is 0 Å². The largest absolute Gasteiger partial charge is 0.293 e. The fraction of sp³-hybridized carbons (Fsp3) is 0.200. The van der Waals surface area contributed by atoms with E-state index in [0.29, 0.717) is 5.75 Å². The van der Waals surface area contributed by atoms with Gasteiger partial charge in [0.05, 0.1) is 11.4 Å². The van der Waals surface area contributed by atoms with Crippen molar-refractivity contribution >= 4 is 28.9 Å². The summed E-state index contributed by atoms with van der Waals surface area (Å²) in [6.45, 7) is 6.07. The topological polar surface area (TPSA) is 30.0 Å². The lowest BCUT2D eigenvalue weighted by Crippen LogP contribution is -2.05. The lowest BCUT2D eigenvalue weighted by Gasteiger charge is -2.05. The summed E-state index contributed by atoms with van der Waals surface area (Å²) < 4.78 is 0.934. The van der Waals surface area contributed by atoms with Gasteiger partial charge in [-0.2, -0.15) is 0 Å². The van der Waals surface area contributed by atoms with Crippen molar-refractivity contribution < 1.29 is 4.79 Å². The van der Waals surface area contributed by atoms with Gasteiger partial charge in [-0.3, -0.25) is 4.79 Å². The van der Waals surface area contributed by atoms with Gasteiger partial charge < -0.3 is 0 Å². The summed E-state index contributed by atoms with van der Waals surface area (Å²) in [5.74, 6) is 0.582. The van der Waals surface area contributed by atoms with Crippen molar-refractivity contribution in [2.75, 3.05) is 5.75 Å². The molecular weight excluding hydrogens is 334 g/mol. The predicted octanol–water partition coefficient (Wildman–Crippen LogP) is 5.71. The Labute approximate surface area is 151 Å². The molecule has 0 amide bonds. The highest BCUT2D eigenvalue weighted by molar-refractivity contribution is 8.01. The second-order valence-corrected chi connectivity index (χ2v) is 7.98. The van der Waals surface area contributed by atoms with Crippen molar-refractivity contribution in [3.05, 3.63) is 70.1 Å². The highest BCUT2D eigenvalue weighted by atomic mass is 32.2. The first kappa shape index (κ1) is 16.9. The zero-order valence-corrected chi connectivity index (χ0v) is 15.6. The lowest BCUT2D eigenvalue weighted by atomic mass is 10.0. The van der Waals surface area contributed by atoms with Crippen LogP contribution < -0.4 is 0 Å². The van der Waals surface area contributed by atoms with Gasteiger partial charge in [-0.25, -0.2) is 4.98 Å². The van der Waals surface area contributed by atoms with E-state index in [4.69, 9.17) is 0 Å². The van der Waals surface area contributed by atoms with E-state index in [0.717, 1.165) is 32.3 Å². The third kappa shape index (κ3) is 3.94. The maximum atomic E-state index is 12.5. The normalized spacial score (nSPS) is 10.8. The molecule has 0 fully saturated rings. The second-order valence-electron chi connectivity index (χ2n) is 5.89. The molecule has 0 spiro atoms. The maximum Gasteiger partial charge on any atom is 0.173 e. The van der Waals surface area contributed by atoms with E-state index in [2.05, 4.69) is 41.6 Å². The second kappa shape index (κ2) is 7.32. The molecule has 2 nitrogen and oxygen atoms in total. The number of hydrogen-bond donors (Lipinski definition) is 0. The first-order chi connectivity index (χ1) is 11.5. The van der Waals surface area contributed by atoms with Crippen LogP contribution in [0.5, 0.6) is 0 Å². The molecule has 4 heteroatoms. The van der Waals surface area contributed by atoms with Crippen molar-refractivity contribution in [2.45, 2.75) is 25.1 Å². The van der Waals surface area contributed by atoms with Crippen LogP contribution >= 0.6 is 23.1 Å². The Bertz CT molecular complexity index is 866. The van der Waals surface area contributed by atoms with E-state index >= 15 is 0 Å². The number of nitrogens with zero attached hydrogens (tertiary/aromatic N) is 1. The Morgan fingerprint density at radius 2 is 1.75 bits per heavy atom. The molecule has 0 bridgehead atoms. The third-order valence-electron chi connectivity index (χ3n) is 3.85. The average molecular weight is 354 g/mol. The molecule has 1 aromatic heterocycles. The standard InChI is InChI=1S/C20H19NOS2/c1-13-5-8-16(9-6-13)18-11-23-20(21-18)24-12-19(22)17-10-14(2)4-7-15(17)3/h4-11H,12H2,1-3H3. The Kier molecular flexibility index (Phi) is 5.17. The SMILES string of the molecule is Cc1ccc(-c2csc(SCC(=O)c3cc(C)ccc3C)n2)cc1. The van der Waals surface area contributed by atoms with Crippen LogP contribution in [0.3, 0.4) is 0 Å². The molecule has 0 aliphatic rings. The van der Waals surface area contributed by atoms with Crippen LogP contribution in [0.1, 0.15) is 27.0 Å². The molecule has 0 saturated heterocycles. The van der Waals surface area contributed by atoms with Gasteiger partial charge in [0.15, 0.2) is 10.1 Å². The van der Waals surface area contributed by atoms with E-state index in [1.165, 1.54) is 17.3 Å². The summed E-state index contributed by atoms with van der Waals surface area (Å²) in [5, 5.41) is 2.05. The van der Waals surface area contributed by atoms with E-state index in [1.807, 2.05) is 32.0 Å². The van der Waals surface area contributed by atoms with E-state index in [9.17, 15) is 4.79 Å². The zero-order valence-electron chi connectivity index (χ0n) is 14.0. The van der Waals surface area contributed by atoms with Crippen LogP contribution in [0.25, 0.3) is 11.3 Å². The number of rotatable bonds is 5. The number of aromatic nitrogens is 1. The van der Waals surface area contributed by atoms with Gasteiger partial charge in [0.1, 0.15) is 0 Å². The van der Waals surface area contributed by atoms with Crippen molar-refractivity contribution in [2.24, 2.45) is 0 Å². The van der Waals surface area contributed by atoms with Crippen molar-refractivity contribution in [3.8, 4) is 11.3 Å². The van der Waals surface area contributed by atoms with Crippen molar-refractivity contribution in [1.29, 1.82) is 0 Å². The summed E-state index contributed by atoms with van der Waals surface area (Å²) in [6.07, 6.45) is 0. The number of carbonyl (C=O) groups excluding carboxylic acids is 1. The van der Waals surface area contributed by atoms with Gasteiger partial charge in [-0.15, -0.1) is 11.3 Å². The maximum absolute atomic E-state index is 12.5. The Morgan fingerprint density at radius 3 is 2.50 bits per heavy atom. The summed E-state index contributed by atoms with van der Waals surface area (Å²) in [5.41, 5.74) is 6.29. The molecule has 0 radical (unpaired) electrons.